The van der Waals surface area contributed by atoms with Gasteiger partial charge in [0.1, 0.15) is 0 Å². The Labute approximate surface area is 92.6 Å². The summed E-state index contributed by atoms with van der Waals surface area (Å²) in [6, 6.07) is 1.77. The minimum absolute atomic E-state index is 0.0994. The van der Waals surface area contributed by atoms with Gasteiger partial charge in [-0.25, -0.2) is 9.78 Å². The highest BCUT2D eigenvalue weighted by Crippen LogP contribution is 2.29. The van der Waals surface area contributed by atoms with Crippen molar-refractivity contribution in [1.29, 1.82) is 0 Å². The van der Waals surface area contributed by atoms with Crippen LogP contribution in [0.15, 0.2) is 16.8 Å². The lowest BCUT2D eigenvalue weighted by atomic mass is 10.3. The van der Waals surface area contributed by atoms with Gasteiger partial charge in [0.15, 0.2) is 0 Å². The van der Waals surface area contributed by atoms with Crippen molar-refractivity contribution in [3.05, 3.63) is 26.2 Å². The molecule has 2 rings (SSSR count). The van der Waals surface area contributed by atoms with Crippen LogP contribution in [0, 0.1) is 0 Å². The second kappa shape index (κ2) is 3.68. The van der Waals surface area contributed by atoms with E-state index < -0.39 is 5.97 Å². The minimum Gasteiger partial charge on any atom is -0.476 e. The van der Waals surface area contributed by atoms with Gasteiger partial charge in [-0.1, -0.05) is 11.6 Å². The maximum atomic E-state index is 10.6. The van der Waals surface area contributed by atoms with E-state index in [1.807, 2.05) is 5.38 Å². The zero-order valence-corrected chi connectivity index (χ0v) is 9.12. The lowest BCUT2D eigenvalue weighted by Crippen LogP contribution is -1.93. The van der Waals surface area contributed by atoms with Crippen LogP contribution in [0.25, 0.3) is 11.3 Å². The molecular formula is C8H4ClNO2S2. The van der Waals surface area contributed by atoms with Gasteiger partial charge in [0, 0.05) is 16.3 Å². The van der Waals surface area contributed by atoms with Crippen molar-refractivity contribution >= 4 is 40.2 Å². The third kappa shape index (κ3) is 1.79. The fourth-order valence-electron chi connectivity index (χ4n) is 0.949. The van der Waals surface area contributed by atoms with Crippen molar-refractivity contribution in [1.82, 2.24) is 4.98 Å². The standard InChI is InChI=1S/C8H4ClNO2S2/c9-6-1-4(2-13-6)5-3-14-7(10-5)8(11)12/h1-3H,(H,11,12). The van der Waals surface area contributed by atoms with E-state index in [-0.39, 0.29) is 5.01 Å². The van der Waals surface area contributed by atoms with E-state index in [4.69, 9.17) is 16.7 Å². The number of thiazole rings is 1. The van der Waals surface area contributed by atoms with Crippen LogP contribution in [0.1, 0.15) is 9.80 Å². The zero-order chi connectivity index (χ0) is 10.1. The predicted octanol–water partition coefficient (Wildman–Crippen LogP) is 3.22. The first-order valence-electron chi connectivity index (χ1n) is 3.60. The molecule has 6 heteroatoms. The van der Waals surface area contributed by atoms with Crippen LogP contribution in [0.4, 0.5) is 0 Å². The SMILES string of the molecule is O=C(O)c1nc(-c2csc(Cl)c2)cs1. The minimum atomic E-state index is -0.998. The van der Waals surface area contributed by atoms with Gasteiger partial charge in [-0.2, -0.15) is 0 Å². The van der Waals surface area contributed by atoms with Crippen LogP contribution in [-0.2, 0) is 0 Å². The van der Waals surface area contributed by atoms with Crippen LogP contribution < -0.4 is 0 Å². The topological polar surface area (TPSA) is 50.2 Å². The third-order valence-corrected chi connectivity index (χ3v) is 3.47. The molecule has 0 saturated heterocycles. The maximum Gasteiger partial charge on any atom is 0.365 e. The van der Waals surface area contributed by atoms with E-state index in [1.165, 1.54) is 11.3 Å². The Hall–Kier alpha value is -0.910. The number of carboxylic acids is 1. The fraction of sp³-hybridized carbons (Fsp3) is 0. The zero-order valence-electron chi connectivity index (χ0n) is 6.73. The lowest BCUT2D eigenvalue weighted by molar-refractivity contribution is 0.0696. The fourth-order valence-corrected chi connectivity index (χ4v) is 2.49. The molecule has 0 aliphatic rings. The van der Waals surface area contributed by atoms with Crippen LogP contribution in [-0.4, -0.2) is 16.1 Å². The molecule has 0 atom stereocenters. The highest BCUT2D eigenvalue weighted by atomic mass is 35.5. The second-order valence-electron chi connectivity index (χ2n) is 2.48. The number of halogens is 1. The van der Waals surface area contributed by atoms with Crippen molar-refractivity contribution < 1.29 is 9.90 Å². The van der Waals surface area contributed by atoms with Crippen molar-refractivity contribution in [2.24, 2.45) is 0 Å². The first-order valence-corrected chi connectivity index (χ1v) is 5.74. The molecule has 0 saturated carbocycles. The maximum absolute atomic E-state index is 10.6. The first-order chi connectivity index (χ1) is 6.66. The molecule has 1 N–H and O–H groups in total. The van der Waals surface area contributed by atoms with E-state index in [2.05, 4.69) is 4.98 Å². The molecule has 0 fully saturated rings. The molecular weight excluding hydrogens is 242 g/mol. The number of carboxylic acid groups (broad SMARTS) is 1. The molecule has 0 unspecified atom stereocenters. The summed E-state index contributed by atoms with van der Waals surface area (Å²) in [6.45, 7) is 0. The van der Waals surface area contributed by atoms with Gasteiger partial charge < -0.3 is 5.11 Å². The van der Waals surface area contributed by atoms with Gasteiger partial charge in [0.2, 0.25) is 5.01 Å². The Kier molecular flexibility index (Phi) is 2.54. The molecule has 0 spiro atoms. The Balaban J connectivity index is 2.38. The number of carbonyl (C=O) groups is 1. The predicted molar refractivity (Wildman–Crippen MR) is 57.4 cm³/mol. The number of thiophene rings is 1. The number of nitrogens with zero attached hydrogens (tertiary/aromatic N) is 1. The average molecular weight is 246 g/mol. The van der Waals surface area contributed by atoms with E-state index >= 15 is 0 Å². The summed E-state index contributed by atoms with van der Waals surface area (Å²) in [5.41, 5.74) is 1.53. The van der Waals surface area contributed by atoms with Crippen LogP contribution in [0.5, 0.6) is 0 Å². The summed E-state index contributed by atoms with van der Waals surface area (Å²) in [5.74, 6) is -0.998. The molecule has 2 aromatic heterocycles. The van der Waals surface area contributed by atoms with Gasteiger partial charge in [-0.05, 0) is 6.07 Å². The van der Waals surface area contributed by atoms with Gasteiger partial charge in [0.25, 0.3) is 0 Å². The quantitative estimate of drug-likeness (QED) is 0.884. The van der Waals surface area contributed by atoms with Crippen LogP contribution in [0.2, 0.25) is 4.34 Å². The lowest BCUT2D eigenvalue weighted by Gasteiger charge is -1.86. The molecule has 3 nitrogen and oxygen atoms in total. The Morgan fingerprint density at radius 2 is 2.21 bits per heavy atom. The number of aromatic carboxylic acids is 1. The van der Waals surface area contributed by atoms with Crippen molar-refractivity contribution in [3.63, 3.8) is 0 Å². The van der Waals surface area contributed by atoms with Crippen molar-refractivity contribution in [2.75, 3.05) is 0 Å². The summed E-state index contributed by atoms with van der Waals surface area (Å²) in [7, 11) is 0. The Bertz CT molecular complexity index is 477. The molecule has 0 bridgehead atoms. The summed E-state index contributed by atoms with van der Waals surface area (Å²) >= 11 is 8.27. The summed E-state index contributed by atoms with van der Waals surface area (Å²) in [6.07, 6.45) is 0. The van der Waals surface area contributed by atoms with Gasteiger partial charge in [-0.15, -0.1) is 22.7 Å². The highest BCUT2D eigenvalue weighted by molar-refractivity contribution is 7.15. The number of hydrogen-bond donors (Lipinski definition) is 1. The molecule has 2 aromatic rings. The molecule has 0 amide bonds. The van der Waals surface area contributed by atoms with Gasteiger partial charge in [-0.3, -0.25) is 0 Å². The van der Waals surface area contributed by atoms with E-state index in [0.29, 0.717) is 10.0 Å². The van der Waals surface area contributed by atoms with Gasteiger partial charge in [0.05, 0.1) is 10.0 Å². The van der Waals surface area contributed by atoms with E-state index in [1.54, 1.807) is 11.4 Å². The molecule has 0 aromatic carbocycles. The molecule has 0 aliphatic heterocycles. The van der Waals surface area contributed by atoms with Crippen molar-refractivity contribution in [3.8, 4) is 11.3 Å². The monoisotopic (exact) mass is 245 g/mol. The normalized spacial score (nSPS) is 10.4. The third-order valence-electron chi connectivity index (χ3n) is 1.55. The smallest absolute Gasteiger partial charge is 0.365 e. The Morgan fingerprint density at radius 1 is 1.43 bits per heavy atom. The largest absolute Gasteiger partial charge is 0.476 e. The Morgan fingerprint density at radius 3 is 2.71 bits per heavy atom. The second-order valence-corrected chi connectivity index (χ2v) is 4.88. The van der Waals surface area contributed by atoms with E-state index in [9.17, 15) is 4.79 Å². The average Bonchev–Trinajstić information content (AvgIpc) is 2.70. The van der Waals surface area contributed by atoms with E-state index in [0.717, 1.165) is 16.9 Å². The summed E-state index contributed by atoms with van der Waals surface area (Å²) in [5, 5.41) is 12.3. The van der Waals surface area contributed by atoms with Crippen LogP contribution in [0.3, 0.4) is 0 Å². The summed E-state index contributed by atoms with van der Waals surface area (Å²) in [4.78, 5) is 14.5. The van der Waals surface area contributed by atoms with Crippen molar-refractivity contribution in [2.45, 2.75) is 0 Å². The number of rotatable bonds is 2. The number of aromatic nitrogens is 1. The number of hydrogen-bond acceptors (Lipinski definition) is 4. The summed E-state index contributed by atoms with van der Waals surface area (Å²) < 4.78 is 0.671. The first kappa shape index (κ1) is 9.64. The highest BCUT2D eigenvalue weighted by Gasteiger charge is 2.10. The molecule has 14 heavy (non-hydrogen) atoms. The molecule has 0 radical (unpaired) electrons. The molecule has 72 valence electrons. The van der Waals surface area contributed by atoms with Crippen LogP contribution >= 0.6 is 34.3 Å². The van der Waals surface area contributed by atoms with Gasteiger partial charge >= 0.3 is 5.97 Å². The molecule has 0 aliphatic carbocycles. The molecule has 2 heterocycles.